The molecule has 0 saturated heterocycles. The molecule has 5 heteroatoms. The van der Waals surface area contributed by atoms with Crippen molar-refractivity contribution in [1.82, 2.24) is 5.32 Å². The Balaban J connectivity index is 2.49. The Hall–Kier alpha value is -0.130. The molecule has 0 spiro atoms. The molecule has 0 aromatic rings. The number of methoxy groups -OCH3 is 1. The van der Waals surface area contributed by atoms with Gasteiger partial charge in [0.15, 0.2) is 0 Å². The Morgan fingerprint density at radius 3 is 2.65 bits per heavy atom. The normalized spacial score (nSPS) is 27.9. The van der Waals surface area contributed by atoms with Crippen LogP contribution in [-0.4, -0.2) is 45.7 Å². The van der Waals surface area contributed by atoms with Gasteiger partial charge >= 0.3 is 0 Å². The van der Waals surface area contributed by atoms with Crippen molar-refractivity contribution < 1.29 is 13.2 Å². The van der Waals surface area contributed by atoms with Crippen LogP contribution in [0.1, 0.15) is 39.0 Å². The van der Waals surface area contributed by atoms with Crippen LogP contribution in [0.15, 0.2) is 0 Å². The molecule has 102 valence electrons. The van der Waals surface area contributed by atoms with E-state index in [1.165, 1.54) is 6.26 Å². The van der Waals surface area contributed by atoms with Crippen molar-refractivity contribution in [2.45, 2.75) is 56.4 Å². The molecular weight excluding hydrogens is 238 g/mol. The summed E-state index contributed by atoms with van der Waals surface area (Å²) in [5, 5.41) is 3.36. The summed E-state index contributed by atoms with van der Waals surface area (Å²) < 4.78 is 28.3. The number of nitrogens with one attached hydrogen (secondary N) is 1. The minimum atomic E-state index is -2.88. The van der Waals surface area contributed by atoms with Gasteiger partial charge in [0.25, 0.3) is 0 Å². The zero-order chi connectivity index (χ0) is 12.9. The van der Waals surface area contributed by atoms with Gasteiger partial charge in [-0.05, 0) is 25.7 Å². The third-order valence-electron chi connectivity index (χ3n) is 3.56. The van der Waals surface area contributed by atoms with Crippen LogP contribution >= 0.6 is 0 Å². The molecule has 0 aliphatic heterocycles. The van der Waals surface area contributed by atoms with Crippen molar-refractivity contribution >= 4 is 9.84 Å². The maximum absolute atomic E-state index is 11.6. The number of hydrogen-bond acceptors (Lipinski definition) is 4. The average Bonchev–Trinajstić information content (AvgIpc) is 2.28. The van der Waals surface area contributed by atoms with E-state index in [0.29, 0.717) is 18.7 Å². The first kappa shape index (κ1) is 14.9. The Morgan fingerprint density at radius 2 is 2.12 bits per heavy atom. The highest BCUT2D eigenvalue weighted by Gasteiger charge is 2.29. The fourth-order valence-electron chi connectivity index (χ4n) is 2.50. The van der Waals surface area contributed by atoms with Gasteiger partial charge in [0.2, 0.25) is 0 Å². The molecule has 1 saturated carbocycles. The Kier molecular flexibility index (Phi) is 5.89. The van der Waals surface area contributed by atoms with Gasteiger partial charge in [-0.3, -0.25) is 0 Å². The third kappa shape index (κ3) is 4.94. The number of rotatable bonds is 6. The standard InChI is InChI=1S/C12H25NO3S/c1-4-10(9-16-2)13-11-6-5-7-12(8-11)17(3,14)15/h10-13H,4-9H2,1-3H3. The van der Waals surface area contributed by atoms with E-state index in [1.807, 2.05) is 0 Å². The molecule has 0 bridgehead atoms. The molecule has 1 rings (SSSR count). The van der Waals surface area contributed by atoms with E-state index in [9.17, 15) is 8.42 Å². The molecular formula is C12H25NO3S. The van der Waals surface area contributed by atoms with Crippen LogP contribution < -0.4 is 5.32 Å². The summed E-state index contributed by atoms with van der Waals surface area (Å²) in [6, 6.07) is 0.659. The lowest BCUT2D eigenvalue weighted by atomic mass is 9.94. The summed E-state index contributed by atoms with van der Waals surface area (Å²) in [6.45, 7) is 2.81. The maximum Gasteiger partial charge on any atom is 0.150 e. The van der Waals surface area contributed by atoms with E-state index in [2.05, 4.69) is 12.2 Å². The highest BCUT2D eigenvalue weighted by atomic mass is 32.2. The Bertz CT molecular complexity index is 316. The van der Waals surface area contributed by atoms with Crippen LogP contribution in [0.4, 0.5) is 0 Å². The van der Waals surface area contributed by atoms with Gasteiger partial charge in [-0.2, -0.15) is 0 Å². The van der Waals surface area contributed by atoms with Crippen LogP contribution in [0.2, 0.25) is 0 Å². The van der Waals surface area contributed by atoms with Crippen molar-refractivity contribution in [1.29, 1.82) is 0 Å². The van der Waals surface area contributed by atoms with Gasteiger partial charge in [-0.1, -0.05) is 13.3 Å². The first-order chi connectivity index (χ1) is 7.97. The number of ether oxygens (including phenoxy) is 1. The molecule has 0 aromatic heterocycles. The molecule has 3 atom stereocenters. The zero-order valence-electron chi connectivity index (χ0n) is 11.1. The van der Waals surface area contributed by atoms with Crippen LogP contribution in [0.25, 0.3) is 0 Å². The van der Waals surface area contributed by atoms with Gasteiger partial charge in [0, 0.05) is 25.4 Å². The average molecular weight is 263 g/mol. The van der Waals surface area contributed by atoms with Gasteiger partial charge in [0.1, 0.15) is 9.84 Å². The van der Waals surface area contributed by atoms with E-state index in [1.54, 1.807) is 7.11 Å². The summed E-state index contributed by atoms with van der Waals surface area (Å²) in [6.07, 6.45) is 6.00. The number of hydrogen-bond donors (Lipinski definition) is 1. The second-order valence-corrected chi connectivity index (χ2v) is 7.37. The van der Waals surface area contributed by atoms with Gasteiger partial charge < -0.3 is 10.1 Å². The second kappa shape index (κ2) is 6.71. The topological polar surface area (TPSA) is 55.4 Å². The molecule has 0 radical (unpaired) electrons. The predicted octanol–water partition coefficient (Wildman–Crippen LogP) is 1.36. The van der Waals surface area contributed by atoms with Crippen molar-refractivity contribution in [3.63, 3.8) is 0 Å². The summed E-state index contributed by atoms with van der Waals surface area (Å²) >= 11 is 0. The third-order valence-corrected chi connectivity index (χ3v) is 5.20. The first-order valence-corrected chi connectivity index (χ1v) is 8.36. The fourth-order valence-corrected chi connectivity index (χ4v) is 3.68. The minimum absolute atomic E-state index is 0.159. The lowest BCUT2D eigenvalue weighted by Crippen LogP contribution is -2.45. The molecule has 4 nitrogen and oxygen atoms in total. The molecule has 1 aliphatic carbocycles. The monoisotopic (exact) mass is 263 g/mol. The van der Waals surface area contributed by atoms with E-state index in [4.69, 9.17) is 4.74 Å². The molecule has 1 aliphatic rings. The number of sulfone groups is 1. The minimum Gasteiger partial charge on any atom is -0.383 e. The first-order valence-electron chi connectivity index (χ1n) is 6.41. The maximum atomic E-state index is 11.6. The SMILES string of the molecule is CCC(COC)NC1CCCC(S(C)(=O)=O)C1. The second-order valence-electron chi connectivity index (χ2n) is 5.04. The summed E-state index contributed by atoms with van der Waals surface area (Å²) in [5.41, 5.74) is 0. The molecule has 3 unspecified atom stereocenters. The van der Waals surface area contributed by atoms with Crippen molar-refractivity contribution in [2.24, 2.45) is 0 Å². The van der Waals surface area contributed by atoms with Crippen LogP contribution in [0.5, 0.6) is 0 Å². The lowest BCUT2D eigenvalue weighted by molar-refractivity contribution is 0.153. The van der Waals surface area contributed by atoms with Crippen LogP contribution in [0.3, 0.4) is 0 Å². The van der Waals surface area contributed by atoms with E-state index < -0.39 is 9.84 Å². The molecule has 1 N–H and O–H groups in total. The van der Waals surface area contributed by atoms with Gasteiger partial charge in [-0.25, -0.2) is 8.42 Å². The zero-order valence-corrected chi connectivity index (χ0v) is 11.9. The van der Waals surface area contributed by atoms with Crippen molar-refractivity contribution in [3.05, 3.63) is 0 Å². The molecule has 0 amide bonds. The molecule has 0 heterocycles. The van der Waals surface area contributed by atoms with E-state index in [0.717, 1.165) is 32.1 Å². The Labute approximate surface area is 105 Å². The predicted molar refractivity (Wildman–Crippen MR) is 70.0 cm³/mol. The smallest absolute Gasteiger partial charge is 0.150 e. The Morgan fingerprint density at radius 1 is 1.41 bits per heavy atom. The van der Waals surface area contributed by atoms with Crippen molar-refractivity contribution in [2.75, 3.05) is 20.0 Å². The van der Waals surface area contributed by atoms with Crippen LogP contribution in [0, 0.1) is 0 Å². The van der Waals surface area contributed by atoms with Crippen molar-refractivity contribution in [3.8, 4) is 0 Å². The van der Waals surface area contributed by atoms with E-state index >= 15 is 0 Å². The van der Waals surface area contributed by atoms with Gasteiger partial charge in [0.05, 0.1) is 11.9 Å². The highest BCUT2D eigenvalue weighted by Crippen LogP contribution is 2.24. The molecule has 0 aromatic carbocycles. The fraction of sp³-hybridized carbons (Fsp3) is 1.00. The molecule has 17 heavy (non-hydrogen) atoms. The summed E-state index contributed by atoms with van der Waals surface area (Å²) in [7, 11) is -1.19. The quantitative estimate of drug-likeness (QED) is 0.786. The summed E-state index contributed by atoms with van der Waals surface area (Å²) in [4.78, 5) is 0. The van der Waals surface area contributed by atoms with Gasteiger partial charge in [-0.15, -0.1) is 0 Å². The van der Waals surface area contributed by atoms with E-state index in [-0.39, 0.29) is 5.25 Å². The summed E-state index contributed by atoms with van der Waals surface area (Å²) in [5.74, 6) is 0. The molecule has 1 fully saturated rings. The highest BCUT2D eigenvalue weighted by molar-refractivity contribution is 7.91. The van der Waals surface area contributed by atoms with Crippen LogP contribution in [-0.2, 0) is 14.6 Å². The lowest BCUT2D eigenvalue weighted by Gasteiger charge is -2.31. The largest absolute Gasteiger partial charge is 0.383 e.